The molecule has 0 bridgehead atoms. The maximum Gasteiger partial charge on any atom is 0.275 e. The Morgan fingerprint density at radius 3 is 2.64 bits per heavy atom. The summed E-state index contributed by atoms with van der Waals surface area (Å²) in [5.41, 5.74) is 2.37. The van der Waals surface area contributed by atoms with Crippen molar-refractivity contribution in [2.24, 2.45) is 0 Å². The van der Waals surface area contributed by atoms with E-state index >= 15 is 0 Å². The van der Waals surface area contributed by atoms with Gasteiger partial charge < -0.3 is 19.5 Å². The third kappa shape index (κ3) is 5.48. The molecule has 0 aliphatic heterocycles. The zero-order valence-electron chi connectivity index (χ0n) is 18.0. The summed E-state index contributed by atoms with van der Waals surface area (Å²) in [6.07, 6.45) is 0. The minimum absolute atomic E-state index is 0.246. The van der Waals surface area contributed by atoms with Gasteiger partial charge in [0.15, 0.2) is 0 Å². The molecule has 0 aliphatic rings. The van der Waals surface area contributed by atoms with Gasteiger partial charge in [0.2, 0.25) is 0 Å². The molecule has 0 fully saturated rings. The second-order valence-corrected chi connectivity index (χ2v) is 7.86. The molecule has 168 valence electrons. The van der Waals surface area contributed by atoms with Gasteiger partial charge in [0.05, 0.1) is 19.9 Å². The molecule has 0 unspecified atom stereocenters. The lowest BCUT2D eigenvalue weighted by atomic mass is 10.2. The number of aromatic nitrogens is 1. The average Bonchev–Trinajstić information content (AvgIpc) is 3.34. The van der Waals surface area contributed by atoms with E-state index in [0.717, 1.165) is 11.1 Å². The van der Waals surface area contributed by atoms with Gasteiger partial charge in [-0.25, -0.2) is 9.37 Å². The van der Waals surface area contributed by atoms with Gasteiger partial charge in [-0.1, -0.05) is 24.3 Å². The topological polar surface area (TPSA) is 69.7 Å². The summed E-state index contributed by atoms with van der Waals surface area (Å²) in [5.74, 6) is 1.09. The highest BCUT2D eigenvalue weighted by molar-refractivity contribution is 7.13. The summed E-state index contributed by atoms with van der Waals surface area (Å²) in [5, 5.41) is 5.19. The lowest BCUT2D eigenvalue weighted by Gasteiger charge is -2.10. The zero-order chi connectivity index (χ0) is 23.2. The van der Waals surface area contributed by atoms with E-state index in [-0.39, 0.29) is 18.3 Å². The van der Waals surface area contributed by atoms with E-state index in [1.54, 1.807) is 42.8 Å². The van der Waals surface area contributed by atoms with Gasteiger partial charge in [0.25, 0.3) is 5.91 Å². The summed E-state index contributed by atoms with van der Waals surface area (Å²) in [6.45, 7) is 0.246. The van der Waals surface area contributed by atoms with Crippen LogP contribution in [0, 0.1) is 5.82 Å². The molecular weight excluding hydrogens is 443 g/mol. The first-order valence-electron chi connectivity index (χ1n) is 10.0. The first-order valence-corrected chi connectivity index (χ1v) is 10.9. The number of carbonyl (C=O) groups excluding carboxylic acids is 1. The van der Waals surface area contributed by atoms with Crippen molar-refractivity contribution in [3.05, 3.63) is 89.2 Å². The largest absolute Gasteiger partial charge is 0.497 e. The van der Waals surface area contributed by atoms with Crippen LogP contribution in [0.4, 0.5) is 10.1 Å². The van der Waals surface area contributed by atoms with Crippen molar-refractivity contribution in [1.82, 2.24) is 4.98 Å². The number of nitrogens with zero attached hydrogens (tertiary/aromatic N) is 1. The van der Waals surface area contributed by atoms with Crippen LogP contribution in [-0.4, -0.2) is 25.1 Å². The van der Waals surface area contributed by atoms with E-state index in [2.05, 4.69) is 10.3 Å². The Hall–Kier alpha value is -3.91. The predicted octanol–water partition coefficient (Wildman–Crippen LogP) is 5.80. The van der Waals surface area contributed by atoms with Gasteiger partial charge in [-0.3, -0.25) is 4.79 Å². The van der Waals surface area contributed by atoms with Crippen LogP contribution in [0.1, 0.15) is 16.1 Å². The smallest absolute Gasteiger partial charge is 0.275 e. The van der Waals surface area contributed by atoms with E-state index in [0.29, 0.717) is 33.6 Å². The minimum Gasteiger partial charge on any atom is -0.497 e. The Balaban J connectivity index is 1.46. The van der Waals surface area contributed by atoms with Crippen molar-refractivity contribution in [1.29, 1.82) is 0 Å². The number of thiazole rings is 1. The Morgan fingerprint density at radius 2 is 1.85 bits per heavy atom. The Kier molecular flexibility index (Phi) is 6.85. The molecule has 3 aromatic carbocycles. The zero-order valence-corrected chi connectivity index (χ0v) is 18.8. The minimum atomic E-state index is -0.348. The Labute approximate surface area is 194 Å². The number of methoxy groups -OCH3 is 2. The highest BCUT2D eigenvalue weighted by atomic mass is 32.1. The van der Waals surface area contributed by atoms with Crippen molar-refractivity contribution in [3.8, 4) is 27.8 Å². The SMILES string of the molecule is COc1ccc(NC(=O)c2csc(-c3cccc(OCc4cccc(F)c4)c3)n2)c(OC)c1. The molecule has 0 radical (unpaired) electrons. The van der Waals surface area contributed by atoms with Gasteiger partial charge in [-0.15, -0.1) is 11.3 Å². The van der Waals surface area contributed by atoms with Crippen molar-refractivity contribution >= 4 is 22.9 Å². The van der Waals surface area contributed by atoms with Crippen LogP contribution in [0.2, 0.25) is 0 Å². The quantitative estimate of drug-likeness (QED) is 0.357. The van der Waals surface area contributed by atoms with Crippen molar-refractivity contribution in [2.45, 2.75) is 6.61 Å². The van der Waals surface area contributed by atoms with Gasteiger partial charge in [-0.2, -0.15) is 0 Å². The average molecular weight is 465 g/mol. The first-order chi connectivity index (χ1) is 16.1. The van der Waals surface area contributed by atoms with Gasteiger partial charge in [0.1, 0.15) is 40.4 Å². The fourth-order valence-corrected chi connectivity index (χ4v) is 3.91. The van der Waals surface area contributed by atoms with Crippen LogP contribution >= 0.6 is 11.3 Å². The number of anilines is 1. The highest BCUT2D eigenvalue weighted by Crippen LogP contribution is 2.31. The number of amides is 1. The van der Waals surface area contributed by atoms with Crippen LogP contribution in [-0.2, 0) is 6.61 Å². The molecule has 0 saturated carbocycles. The van der Waals surface area contributed by atoms with Crippen molar-refractivity contribution < 1.29 is 23.4 Å². The van der Waals surface area contributed by atoms with E-state index in [9.17, 15) is 9.18 Å². The molecule has 1 N–H and O–H groups in total. The van der Waals surface area contributed by atoms with Crippen molar-refractivity contribution in [2.75, 3.05) is 19.5 Å². The van der Waals surface area contributed by atoms with E-state index in [1.165, 1.54) is 30.6 Å². The normalized spacial score (nSPS) is 10.5. The third-order valence-corrected chi connectivity index (χ3v) is 5.66. The van der Waals surface area contributed by atoms with Crippen LogP contribution in [0.5, 0.6) is 17.2 Å². The number of carbonyl (C=O) groups is 1. The molecule has 0 atom stereocenters. The summed E-state index contributed by atoms with van der Waals surface area (Å²) in [4.78, 5) is 17.2. The molecule has 8 heteroatoms. The standard InChI is InChI=1S/C25H21FN2O4S/c1-30-19-9-10-21(23(13-19)31-2)27-24(29)22-15-33-25(28-22)17-6-4-8-20(12-17)32-14-16-5-3-7-18(26)11-16/h3-13,15H,14H2,1-2H3,(H,27,29). The number of nitrogens with one attached hydrogen (secondary N) is 1. The van der Waals surface area contributed by atoms with Crippen LogP contribution in [0.15, 0.2) is 72.1 Å². The number of hydrogen-bond acceptors (Lipinski definition) is 6. The number of rotatable bonds is 8. The monoisotopic (exact) mass is 464 g/mol. The molecule has 0 aliphatic carbocycles. The van der Waals surface area contributed by atoms with E-state index in [4.69, 9.17) is 14.2 Å². The molecule has 0 spiro atoms. The Bertz CT molecular complexity index is 1270. The van der Waals surface area contributed by atoms with E-state index < -0.39 is 0 Å². The second kappa shape index (κ2) is 10.1. The summed E-state index contributed by atoms with van der Waals surface area (Å²) in [6, 6.07) is 18.8. The number of benzene rings is 3. The molecule has 1 amide bonds. The number of hydrogen-bond donors (Lipinski definition) is 1. The van der Waals surface area contributed by atoms with E-state index in [1.807, 2.05) is 24.3 Å². The van der Waals surface area contributed by atoms with Crippen LogP contribution in [0.25, 0.3) is 10.6 Å². The summed E-state index contributed by atoms with van der Waals surface area (Å²) >= 11 is 1.35. The fourth-order valence-electron chi connectivity index (χ4n) is 3.11. The second-order valence-electron chi connectivity index (χ2n) is 7.00. The fraction of sp³-hybridized carbons (Fsp3) is 0.120. The molecule has 6 nitrogen and oxygen atoms in total. The lowest BCUT2D eigenvalue weighted by molar-refractivity contribution is 0.102. The maximum absolute atomic E-state index is 13.4. The maximum atomic E-state index is 13.4. The van der Waals surface area contributed by atoms with Crippen LogP contribution < -0.4 is 19.5 Å². The third-order valence-electron chi connectivity index (χ3n) is 4.77. The molecular formula is C25H21FN2O4S. The highest BCUT2D eigenvalue weighted by Gasteiger charge is 2.15. The molecule has 0 saturated heterocycles. The molecule has 1 aromatic heterocycles. The van der Waals surface area contributed by atoms with Gasteiger partial charge in [-0.05, 0) is 42.0 Å². The predicted molar refractivity (Wildman–Crippen MR) is 126 cm³/mol. The van der Waals surface area contributed by atoms with Crippen LogP contribution in [0.3, 0.4) is 0 Å². The van der Waals surface area contributed by atoms with Gasteiger partial charge in [0, 0.05) is 17.0 Å². The summed E-state index contributed by atoms with van der Waals surface area (Å²) < 4.78 is 29.7. The van der Waals surface area contributed by atoms with Crippen molar-refractivity contribution in [3.63, 3.8) is 0 Å². The lowest BCUT2D eigenvalue weighted by Crippen LogP contribution is -2.13. The Morgan fingerprint density at radius 1 is 1.00 bits per heavy atom. The summed E-state index contributed by atoms with van der Waals surface area (Å²) in [7, 11) is 3.08. The first kappa shape index (κ1) is 22.3. The molecule has 33 heavy (non-hydrogen) atoms. The number of halogens is 1. The molecule has 4 aromatic rings. The number of ether oxygens (including phenoxy) is 3. The molecule has 1 heterocycles. The van der Waals surface area contributed by atoms with Gasteiger partial charge >= 0.3 is 0 Å². The molecule has 4 rings (SSSR count).